The topological polar surface area (TPSA) is 54.4 Å². The molecule has 1 rings (SSSR count). The zero-order valence-electron chi connectivity index (χ0n) is 5.54. The minimum absolute atomic E-state index is 0.0260. The van der Waals surface area contributed by atoms with E-state index < -0.39 is 10.1 Å². The van der Waals surface area contributed by atoms with Gasteiger partial charge >= 0.3 is 10.1 Å². The number of thiophene rings is 1. The molecule has 1 aromatic heterocycles. The standard InChI is InChI=1S/C5H5BrO3S2/c1-3-2-4(10-5(3)6)11(7,8)9/h2H,1H3,(H,7,8,9). The lowest BCUT2D eigenvalue weighted by atomic mass is 10.4. The molecule has 0 aliphatic heterocycles. The van der Waals surface area contributed by atoms with Crippen molar-refractivity contribution < 1.29 is 13.0 Å². The average molecular weight is 257 g/mol. The number of hydrogen-bond donors (Lipinski definition) is 1. The highest BCUT2D eigenvalue weighted by Gasteiger charge is 2.13. The van der Waals surface area contributed by atoms with Gasteiger partial charge in [-0.2, -0.15) is 8.42 Å². The largest absolute Gasteiger partial charge is 0.304 e. The first-order valence-corrected chi connectivity index (χ1v) is 5.69. The van der Waals surface area contributed by atoms with Gasteiger partial charge < -0.3 is 0 Å². The van der Waals surface area contributed by atoms with Crippen molar-refractivity contribution in [3.05, 3.63) is 15.4 Å². The number of halogens is 1. The van der Waals surface area contributed by atoms with Crippen LogP contribution < -0.4 is 0 Å². The van der Waals surface area contributed by atoms with E-state index in [1.165, 1.54) is 6.07 Å². The Hall–Kier alpha value is 0.0900. The highest BCUT2D eigenvalue weighted by molar-refractivity contribution is 9.11. The van der Waals surface area contributed by atoms with Crippen LogP contribution in [0.1, 0.15) is 5.56 Å². The molecule has 0 radical (unpaired) electrons. The number of hydrogen-bond acceptors (Lipinski definition) is 3. The SMILES string of the molecule is Cc1cc(S(=O)(=O)O)sc1Br. The van der Waals surface area contributed by atoms with Crippen LogP contribution in [0.2, 0.25) is 0 Å². The molecule has 0 atom stereocenters. The summed E-state index contributed by atoms with van der Waals surface area (Å²) in [6.45, 7) is 1.76. The maximum Gasteiger partial charge on any atom is 0.304 e. The third kappa shape index (κ3) is 2.02. The van der Waals surface area contributed by atoms with Gasteiger partial charge in [-0.3, -0.25) is 4.55 Å². The van der Waals surface area contributed by atoms with Crippen molar-refractivity contribution in [1.29, 1.82) is 0 Å². The number of rotatable bonds is 1. The summed E-state index contributed by atoms with van der Waals surface area (Å²) in [4.78, 5) is 0. The summed E-state index contributed by atoms with van der Waals surface area (Å²) in [5.74, 6) is 0. The molecule has 0 unspecified atom stereocenters. The molecule has 0 aromatic carbocycles. The monoisotopic (exact) mass is 256 g/mol. The fourth-order valence-corrected chi connectivity index (χ4v) is 3.15. The van der Waals surface area contributed by atoms with Gasteiger partial charge in [0.05, 0.1) is 3.79 Å². The van der Waals surface area contributed by atoms with E-state index >= 15 is 0 Å². The molecule has 0 aliphatic carbocycles. The smallest absolute Gasteiger partial charge is 0.281 e. The Kier molecular flexibility index (Phi) is 2.38. The molecule has 0 bridgehead atoms. The highest BCUT2D eigenvalue weighted by Crippen LogP contribution is 2.29. The van der Waals surface area contributed by atoms with Gasteiger partial charge in [-0.15, -0.1) is 11.3 Å². The van der Waals surface area contributed by atoms with E-state index in [0.29, 0.717) is 0 Å². The van der Waals surface area contributed by atoms with E-state index in [2.05, 4.69) is 15.9 Å². The number of aryl methyl sites for hydroxylation is 1. The van der Waals surface area contributed by atoms with Crippen molar-refractivity contribution in [2.75, 3.05) is 0 Å². The highest BCUT2D eigenvalue weighted by atomic mass is 79.9. The van der Waals surface area contributed by atoms with Gasteiger partial charge in [-0.1, -0.05) is 0 Å². The van der Waals surface area contributed by atoms with Crippen LogP contribution in [0.3, 0.4) is 0 Å². The third-order valence-corrected chi connectivity index (χ3v) is 4.53. The lowest BCUT2D eigenvalue weighted by Gasteiger charge is -1.85. The zero-order chi connectivity index (χ0) is 8.65. The van der Waals surface area contributed by atoms with E-state index in [9.17, 15) is 8.42 Å². The fourth-order valence-electron chi connectivity index (χ4n) is 0.559. The molecule has 1 N–H and O–H groups in total. The molecule has 0 saturated carbocycles. The van der Waals surface area contributed by atoms with Crippen LogP contribution in [0, 0.1) is 6.92 Å². The molecular formula is C5H5BrO3S2. The lowest BCUT2D eigenvalue weighted by Crippen LogP contribution is -1.93. The van der Waals surface area contributed by atoms with Crippen LogP contribution >= 0.6 is 27.3 Å². The van der Waals surface area contributed by atoms with Crippen molar-refractivity contribution in [3.63, 3.8) is 0 Å². The molecule has 11 heavy (non-hydrogen) atoms. The van der Waals surface area contributed by atoms with Crippen LogP contribution in [0.15, 0.2) is 14.1 Å². The average Bonchev–Trinajstić information content (AvgIpc) is 2.11. The molecule has 0 spiro atoms. The molecule has 1 aromatic rings. The van der Waals surface area contributed by atoms with E-state index in [0.717, 1.165) is 20.7 Å². The van der Waals surface area contributed by atoms with Crippen molar-refractivity contribution in [3.8, 4) is 0 Å². The Bertz CT molecular complexity index is 346. The Balaban J connectivity index is 3.29. The summed E-state index contributed by atoms with van der Waals surface area (Å²) in [5, 5.41) is 0. The first-order chi connectivity index (χ1) is 4.91. The van der Waals surface area contributed by atoms with Crippen molar-refractivity contribution >= 4 is 37.4 Å². The summed E-state index contributed by atoms with van der Waals surface area (Å²) < 4.78 is 30.4. The molecular weight excluding hydrogens is 252 g/mol. The van der Waals surface area contributed by atoms with Crippen LogP contribution in [0.25, 0.3) is 0 Å². The Morgan fingerprint density at radius 2 is 2.18 bits per heavy atom. The van der Waals surface area contributed by atoms with Gasteiger partial charge in [0.1, 0.15) is 4.21 Å². The molecule has 6 heteroatoms. The van der Waals surface area contributed by atoms with Crippen LogP contribution in [-0.4, -0.2) is 13.0 Å². The first kappa shape index (κ1) is 9.18. The summed E-state index contributed by atoms with van der Waals surface area (Å²) in [7, 11) is -4.02. The minimum atomic E-state index is -4.02. The molecule has 1 heterocycles. The zero-order valence-corrected chi connectivity index (χ0v) is 8.75. The summed E-state index contributed by atoms with van der Waals surface area (Å²) in [6.07, 6.45) is 0. The lowest BCUT2D eigenvalue weighted by molar-refractivity contribution is 0.485. The quantitative estimate of drug-likeness (QED) is 0.783. The Labute approximate surface area is 76.9 Å². The molecule has 62 valence electrons. The van der Waals surface area contributed by atoms with E-state index in [1.807, 2.05) is 0 Å². The van der Waals surface area contributed by atoms with Crippen LogP contribution in [-0.2, 0) is 10.1 Å². The van der Waals surface area contributed by atoms with Gasteiger partial charge in [0.2, 0.25) is 0 Å². The van der Waals surface area contributed by atoms with Gasteiger partial charge in [0.25, 0.3) is 0 Å². The van der Waals surface area contributed by atoms with Gasteiger partial charge in [0.15, 0.2) is 0 Å². The van der Waals surface area contributed by atoms with E-state index in [-0.39, 0.29) is 4.21 Å². The summed E-state index contributed by atoms with van der Waals surface area (Å²) >= 11 is 4.15. The van der Waals surface area contributed by atoms with E-state index in [4.69, 9.17) is 4.55 Å². The Morgan fingerprint density at radius 1 is 1.64 bits per heavy atom. The molecule has 0 amide bonds. The fraction of sp³-hybridized carbons (Fsp3) is 0.200. The Morgan fingerprint density at radius 3 is 2.36 bits per heavy atom. The summed E-state index contributed by atoms with van der Waals surface area (Å²) in [6, 6.07) is 1.42. The van der Waals surface area contributed by atoms with Gasteiger partial charge in [-0.25, -0.2) is 0 Å². The third-order valence-electron chi connectivity index (χ3n) is 1.09. The second-order valence-corrected chi connectivity index (χ2v) is 6.02. The van der Waals surface area contributed by atoms with Crippen molar-refractivity contribution in [2.45, 2.75) is 11.1 Å². The molecule has 3 nitrogen and oxygen atoms in total. The van der Waals surface area contributed by atoms with Gasteiger partial charge in [-0.05, 0) is 34.5 Å². The first-order valence-electron chi connectivity index (χ1n) is 2.64. The van der Waals surface area contributed by atoms with Gasteiger partial charge in [0, 0.05) is 0 Å². The summed E-state index contributed by atoms with van der Waals surface area (Å²) in [5.41, 5.74) is 0.808. The van der Waals surface area contributed by atoms with Crippen LogP contribution in [0.4, 0.5) is 0 Å². The second-order valence-electron chi connectivity index (χ2n) is 2.00. The minimum Gasteiger partial charge on any atom is -0.281 e. The van der Waals surface area contributed by atoms with E-state index in [1.54, 1.807) is 6.92 Å². The molecule has 0 fully saturated rings. The maximum atomic E-state index is 10.5. The molecule has 0 aliphatic rings. The van der Waals surface area contributed by atoms with Crippen molar-refractivity contribution in [2.24, 2.45) is 0 Å². The normalized spacial score (nSPS) is 11.9. The second kappa shape index (κ2) is 2.85. The van der Waals surface area contributed by atoms with Crippen molar-refractivity contribution in [1.82, 2.24) is 0 Å². The molecule has 0 saturated heterocycles. The van der Waals surface area contributed by atoms with Crippen LogP contribution in [0.5, 0.6) is 0 Å². The predicted molar refractivity (Wildman–Crippen MR) is 46.6 cm³/mol. The predicted octanol–water partition coefficient (Wildman–Crippen LogP) is 2.07. The maximum absolute atomic E-state index is 10.5.